The summed E-state index contributed by atoms with van der Waals surface area (Å²) in [6.07, 6.45) is 11.0. The highest BCUT2D eigenvalue weighted by Gasteiger charge is 2.35. The van der Waals surface area contributed by atoms with E-state index in [0.29, 0.717) is 0 Å². The van der Waals surface area contributed by atoms with Gasteiger partial charge < -0.3 is 0 Å². The zero-order valence-corrected chi connectivity index (χ0v) is 17.1. The molecule has 0 fully saturated rings. The minimum atomic E-state index is 0.882. The van der Waals surface area contributed by atoms with Gasteiger partial charge in [0.2, 0.25) is 0 Å². The van der Waals surface area contributed by atoms with Crippen LogP contribution >= 0.6 is 0 Å². The molecule has 0 heterocycles. The molecule has 0 spiro atoms. The molecule has 0 aliphatic heterocycles. The highest BCUT2D eigenvalue weighted by molar-refractivity contribution is 4.84. The smallest absolute Gasteiger partial charge is 0.0355 e. The van der Waals surface area contributed by atoms with Crippen molar-refractivity contribution in [3.8, 4) is 0 Å². The van der Waals surface area contributed by atoms with Gasteiger partial charge in [0, 0.05) is 0 Å². The van der Waals surface area contributed by atoms with Crippen molar-refractivity contribution in [2.75, 3.05) is 0 Å². The van der Waals surface area contributed by atoms with E-state index in [2.05, 4.69) is 55.4 Å². The predicted molar refractivity (Wildman–Crippen MR) is 103 cm³/mol. The van der Waals surface area contributed by atoms with Crippen molar-refractivity contribution in [3.05, 3.63) is 0 Å². The van der Waals surface area contributed by atoms with E-state index in [0.717, 1.165) is 35.5 Å². The molecule has 0 bridgehead atoms. The maximum Gasteiger partial charge on any atom is -0.0355 e. The minimum Gasteiger partial charge on any atom is -0.0654 e. The molecule has 0 rings (SSSR count). The maximum atomic E-state index is 2.49. The molecule has 0 aromatic heterocycles. The van der Waals surface area contributed by atoms with Gasteiger partial charge in [-0.1, -0.05) is 107 Å². The van der Waals surface area contributed by atoms with Crippen molar-refractivity contribution in [1.82, 2.24) is 0 Å². The molecule has 0 saturated heterocycles. The van der Waals surface area contributed by atoms with E-state index in [1.54, 1.807) is 0 Å². The Morgan fingerprint density at radius 3 is 1.27 bits per heavy atom. The van der Waals surface area contributed by atoms with Gasteiger partial charge in [-0.05, 0) is 35.5 Å². The first kappa shape index (κ1) is 22.0. The molecule has 0 radical (unpaired) electrons. The van der Waals surface area contributed by atoms with Crippen LogP contribution in [0.15, 0.2) is 0 Å². The Bertz CT molecular complexity index is 244. The molecule has 0 aromatic rings. The van der Waals surface area contributed by atoms with Gasteiger partial charge in [-0.3, -0.25) is 0 Å². The first-order valence-electron chi connectivity index (χ1n) is 10.6. The lowest BCUT2D eigenvalue weighted by Gasteiger charge is -2.42. The lowest BCUT2D eigenvalue weighted by atomic mass is 9.63. The van der Waals surface area contributed by atoms with Gasteiger partial charge in [-0.2, -0.15) is 0 Å². The third-order valence-electron chi connectivity index (χ3n) is 6.70. The van der Waals surface area contributed by atoms with Crippen LogP contribution in [0, 0.1) is 35.5 Å². The van der Waals surface area contributed by atoms with Gasteiger partial charge in [0.25, 0.3) is 0 Å². The molecule has 0 saturated carbocycles. The molecular weight excluding hydrogens is 264 g/mol. The van der Waals surface area contributed by atoms with Crippen molar-refractivity contribution in [2.24, 2.45) is 35.5 Å². The van der Waals surface area contributed by atoms with E-state index >= 15 is 0 Å². The van der Waals surface area contributed by atoms with E-state index in [4.69, 9.17) is 0 Å². The summed E-state index contributed by atoms with van der Waals surface area (Å²) in [6.45, 7) is 19.4. The summed E-state index contributed by atoms with van der Waals surface area (Å²) < 4.78 is 0. The summed E-state index contributed by atoms with van der Waals surface area (Å²) in [5, 5.41) is 0. The summed E-state index contributed by atoms with van der Waals surface area (Å²) in [6, 6.07) is 0. The third kappa shape index (κ3) is 5.89. The van der Waals surface area contributed by atoms with Crippen molar-refractivity contribution in [3.63, 3.8) is 0 Å². The zero-order valence-electron chi connectivity index (χ0n) is 17.1. The van der Waals surface area contributed by atoms with Gasteiger partial charge in [-0.25, -0.2) is 0 Å². The Hall–Kier alpha value is 0. The van der Waals surface area contributed by atoms with Crippen LogP contribution in [0.2, 0.25) is 0 Å². The Balaban J connectivity index is 5.35. The number of hydrogen-bond donors (Lipinski definition) is 0. The van der Waals surface area contributed by atoms with Crippen LogP contribution in [-0.4, -0.2) is 0 Å². The third-order valence-corrected chi connectivity index (χ3v) is 6.70. The minimum absolute atomic E-state index is 0.882. The lowest BCUT2D eigenvalue weighted by molar-refractivity contribution is 0.0723. The molecule has 0 aliphatic carbocycles. The average molecular weight is 311 g/mol. The normalized spacial score (nSPS) is 20.2. The predicted octanol–water partition coefficient (Wildman–Crippen LogP) is 7.96. The molecule has 0 aliphatic rings. The molecule has 22 heavy (non-hydrogen) atoms. The first-order chi connectivity index (χ1) is 10.6. The second-order valence-electron chi connectivity index (χ2n) is 7.63. The quantitative estimate of drug-likeness (QED) is 0.323. The Morgan fingerprint density at radius 1 is 0.500 bits per heavy atom. The van der Waals surface area contributed by atoms with Crippen LogP contribution in [0.25, 0.3) is 0 Å². The van der Waals surface area contributed by atoms with Crippen molar-refractivity contribution >= 4 is 0 Å². The van der Waals surface area contributed by atoms with Crippen molar-refractivity contribution in [1.29, 1.82) is 0 Å². The highest BCUT2D eigenvalue weighted by Crippen LogP contribution is 2.43. The van der Waals surface area contributed by atoms with Gasteiger partial charge in [0.05, 0.1) is 0 Å². The molecule has 6 unspecified atom stereocenters. The fraction of sp³-hybridized carbons (Fsp3) is 1.00. The van der Waals surface area contributed by atoms with Crippen molar-refractivity contribution in [2.45, 2.75) is 107 Å². The van der Waals surface area contributed by atoms with Gasteiger partial charge in [0.15, 0.2) is 0 Å². The Labute approximate surface area is 142 Å². The summed E-state index contributed by atoms with van der Waals surface area (Å²) in [7, 11) is 0. The topological polar surface area (TPSA) is 0 Å². The fourth-order valence-electron chi connectivity index (χ4n) is 5.35. The van der Waals surface area contributed by atoms with Crippen LogP contribution < -0.4 is 0 Å². The lowest BCUT2D eigenvalue weighted by Crippen LogP contribution is -2.34. The van der Waals surface area contributed by atoms with Crippen LogP contribution in [0.3, 0.4) is 0 Å². The monoisotopic (exact) mass is 310 g/mol. The average Bonchev–Trinajstić information content (AvgIpc) is 2.55. The fourth-order valence-corrected chi connectivity index (χ4v) is 5.35. The van der Waals surface area contributed by atoms with Gasteiger partial charge >= 0.3 is 0 Å². The molecule has 134 valence electrons. The molecular formula is C22H46. The second-order valence-corrected chi connectivity index (χ2v) is 7.63. The van der Waals surface area contributed by atoms with Gasteiger partial charge in [0.1, 0.15) is 0 Å². The summed E-state index contributed by atoms with van der Waals surface area (Å²) >= 11 is 0. The second kappa shape index (κ2) is 12.4. The Kier molecular flexibility index (Phi) is 12.4. The molecule has 0 nitrogen and oxygen atoms in total. The summed E-state index contributed by atoms with van der Waals surface area (Å²) in [5.41, 5.74) is 0. The number of hydrogen-bond acceptors (Lipinski definition) is 0. The largest absolute Gasteiger partial charge is 0.0654 e. The molecule has 0 aromatic carbocycles. The molecule has 0 heteroatoms. The molecule has 6 atom stereocenters. The van der Waals surface area contributed by atoms with E-state index in [-0.39, 0.29) is 0 Å². The van der Waals surface area contributed by atoms with Crippen LogP contribution in [0.5, 0.6) is 0 Å². The SMILES string of the molecule is CCCC(CC)C(CC)C(CC)C(CC)C(CC)C(C)CC. The molecule has 0 N–H and O–H groups in total. The van der Waals surface area contributed by atoms with Crippen molar-refractivity contribution < 1.29 is 0 Å². The van der Waals surface area contributed by atoms with E-state index in [1.807, 2.05) is 0 Å². The van der Waals surface area contributed by atoms with E-state index in [1.165, 1.54) is 51.4 Å². The molecule has 0 amide bonds. The van der Waals surface area contributed by atoms with Crippen LogP contribution in [0.4, 0.5) is 0 Å². The number of rotatable bonds is 13. The summed E-state index contributed by atoms with van der Waals surface area (Å²) in [4.78, 5) is 0. The summed E-state index contributed by atoms with van der Waals surface area (Å²) in [5.74, 6) is 5.56. The van der Waals surface area contributed by atoms with E-state index < -0.39 is 0 Å². The standard InChI is InChI=1S/C22H46/c1-9-16-18(11-3)20(13-5)22(15-7)21(14-6)19(12-4)17(8)10-2/h17-22H,9-16H2,1-8H3. The maximum absolute atomic E-state index is 2.49. The highest BCUT2D eigenvalue weighted by atomic mass is 14.4. The van der Waals surface area contributed by atoms with Crippen LogP contribution in [-0.2, 0) is 0 Å². The van der Waals surface area contributed by atoms with E-state index in [9.17, 15) is 0 Å². The van der Waals surface area contributed by atoms with Crippen LogP contribution in [0.1, 0.15) is 107 Å². The first-order valence-corrected chi connectivity index (χ1v) is 10.6. The van der Waals surface area contributed by atoms with Gasteiger partial charge in [-0.15, -0.1) is 0 Å². The zero-order chi connectivity index (χ0) is 17.1. The Morgan fingerprint density at radius 2 is 0.955 bits per heavy atom.